The molecule has 3 N–H and O–H groups in total. The van der Waals surface area contributed by atoms with Gasteiger partial charge in [0, 0.05) is 12.6 Å². The van der Waals surface area contributed by atoms with Crippen molar-refractivity contribution in [1.82, 2.24) is 10.0 Å². The van der Waals surface area contributed by atoms with Gasteiger partial charge in [-0.2, -0.15) is 0 Å². The van der Waals surface area contributed by atoms with Gasteiger partial charge in [0.1, 0.15) is 0 Å². The second-order valence-corrected chi connectivity index (χ2v) is 7.72. The van der Waals surface area contributed by atoms with Crippen LogP contribution in [0.4, 0.5) is 0 Å². The summed E-state index contributed by atoms with van der Waals surface area (Å²) < 4.78 is 32.4. The molecule has 7 heteroatoms. The number of aliphatic hydroxyl groups excluding tert-OH is 1. The highest BCUT2D eigenvalue weighted by molar-refractivity contribution is 7.89. The summed E-state index contributed by atoms with van der Waals surface area (Å²) in [7, 11) is -3.59. The quantitative estimate of drug-likeness (QED) is 0.703. The molecule has 0 aliphatic carbocycles. The van der Waals surface area contributed by atoms with Gasteiger partial charge >= 0.3 is 0 Å². The normalized spacial score (nSPS) is 25.8. The Morgan fingerprint density at radius 1 is 1.32 bits per heavy atom. The first-order valence-corrected chi connectivity index (χ1v) is 8.90. The minimum Gasteiger partial charge on any atom is -0.389 e. The predicted molar refractivity (Wildman–Crippen MR) is 84.2 cm³/mol. The summed E-state index contributed by atoms with van der Waals surface area (Å²) in [5.41, 5.74) is 0.996. The van der Waals surface area contributed by atoms with Crippen LogP contribution in [0.2, 0.25) is 0 Å². The molecule has 6 nitrogen and oxygen atoms in total. The first kappa shape index (κ1) is 17.4. The van der Waals surface area contributed by atoms with Crippen molar-refractivity contribution in [3.63, 3.8) is 0 Å². The largest absolute Gasteiger partial charge is 0.389 e. The molecule has 0 radical (unpaired) electrons. The monoisotopic (exact) mass is 328 g/mol. The van der Waals surface area contributed by atoms with Crippen molar-refractivity contribution in [3.8, 4) is 0 Å². The summed E-state index contributed by atoms with van der Waals surface area (Å²) in [6, 6.07) is 6.68. The zero-order valence-corrected chi connectivity index (χ0v) is 13.9. The highest BCUT2D eigenvalue weighted by atomic mass is 32.2. The van der Waals surface area contributed by atoms with Gasteiger partial charge in [-0.05, 0) is 19.1 Å². The van der Waals surface area contributed by atoms with E-state index in [0.29, 0.717) is 6.61 Å². The topological polar surface area (TPSA) is 87.7 Å². The fraction of sp³-hybridized carbons (Fsp3) is 0.600. The molecule has 0 aromatic heterocycles. The van der Waals surface area contributed by atoms with Crippen LogP contribution in [0, 0.1) is 6.92 Å². The molecule has 1 aliphatic rings. The Morgan fingerprint density at radius 3 is 2.55 bits per heavy atom. The molecule has 22 heavy (non-hydrogen) atoms. The van der Waals surface area contributed by atoms with E-state index >= 15 is 0 Å². The van der Waals surface area contributed by atoms with Crippen LogP contribution in [0.15, 0.2) is 29.2 Å². The molecule has 1 fully saturated rings. The van der Waals surface area contributed by atoms with Gasteiger partial charge in [0.05, 0.1) is 29.8 Å². The molecule has 0 bridgehead atoms. The van der Waals surface area contributed by atoms with Gasteiger partial charge in [0.2, 0.25) is 10.0 Å². The lowest BCUT2D eigenvalue weighted by atomic mass is 10.1. The number of ether oxygens (including phenoxy) is 1. The van der Waals surface area contributed by atoms with E-state index in [4.69, 9.17) is 4.74 Å². The highest BCUT2D eigenvalue weighted by Crippen LogP contribution is 2.16. The van der Waals surface area contributed by atoms with Crippen molar-refractivity contribution in [2.24, 2.45) is 0 Å². The second-order valence-electron chi connectivity index (χ2n) is 5.96. The molecule has 1 saturated heterocycles. The van der Waals surface area contributed by atoms with Gasteiger partial charge in [-0.15, -0.1) is 0 Å². The van der Waals surface area contributed by atoms with Gasteiger partial charge in [0.15, 0.2) is 0 Å². The summed E-state index contributed by atoms with van der Waals surface area (Å²) >= 11 is 0. The average molecular weight is 328 g/mol. The molecule has 124 valence electrons. The van der Waals surface area contributed by atoms with Crippen molar-refractivity contribution in [3.05, 3.63) is 29.8 Å². The summed E-state index contributed by atoms with van der Waals surface area (Å²) in [5, 5.41) is 13.4. The van der Waals surface area contributed by atoms with Crippen molar-refractivity contribution in [2.45, 2.75) is 50.0 Å². The third-order valence-corrected chi connectivity index (χ3v) is 5.08. The Labute approximate surface area is 131 Å². The van der Waals surface area contributed by atoms with Gasteiger partial charge in [-0.3, -0.25) is 0 Å². The maximum Gasteiger partial charge on any atom is 0.240 e. The summed E-state index contributed by atoms with van der Waals surface area (Å²) in [6.07, 6.45) is -1.28. The van der Waals surface area contributed by atoms with Crippen LogP contribution in [0.1, 0.15) is 19.4 Å². The maximum absolute atomic E-state index is 12.2. The molecule has 0 unspecified atom stereocenters. The van der Waals surface area contributed by atoms with Crippen molar-refractivity contribution in [1.29, 1.82) is 0 Å². The average Bonchev–Trinajstić information content (AvgIpc) is 2.78. The van der Waals surface area contributed by atoms with Crippen molar-refractivity contribution < 1.29 is 18.3 Å². The lowest BCUT2D eigenvalue weighted by Gasteiger charge is -2.20. The zero-order chi connectivity index (χ0) is 16.3. The van der Waals surface area contributed by atoms with Gasteiger partial charge in [0.25, 0.3) is 0 Å². The van der Waals surface area contributed by atoms with Crippen LogP contribution < -0.4 is 10.0 Å². The molecule has 2 rings (SSSR count). The van der Waals surface area contributed by atoms with Gasteiger partial charge in [-0.1, -0.05) is 31.5 Å². The lowest BCUT2D eigenvalue weighted by molar-refractivity contribution is 0.0441. The van der Waals surface area contributed by atoms with E-state index in [1.165, 1.54) is 0 Å². The first-order chi connectivity index (χ1) is 10.3. The van der Waals surface area contributed by atoms with E-state index in [0.717, 1.165) is 5.56 Å². The number of rotatable bonds is 6. The standard InChI is InChI=1S/C15H24N2O4S/c1-10(2)17-13-9-21-14(15(13)18)8-16-22(19,20)12-6-4-11(3)5-7-12/h4-7,10,13-18H,8-9H2,1-3H3/t13-,14-,15+/m1/s1. The molecule has 1 heterocycles. The van der Waals surface area contributed by atoms with E-state index in [1.54, 1.807) is 24.3 Å². The van der Waals surface area contributed by atoms with Crippen LogP contribution in [-0.4, -0.2) is 51.0 Å². The number of aryl methyl sites for hydroxylation is 1. The Morgan fingerprint density at radius 2 is 1.95 bits per heavy atom. The van der Waals surface area contributed by atoms with E-state index in [2.05, 4.69) is 10.0 Å². The van der Waals surface area contributed by atoms with Gasteiger partial charge in [-0.25, -0.2) is 13.1 Å². The van der Waals surface area contributed by atoms with Crippen LogP contribution in [0.25, 0.3) is 0 Å². The number of hydrogen-bond acceptors (Lipinski definition) is 5. The Bertz CT molecular complexity index is 586. The molecular formula is C15H24N2O4S. The third kappa shape index (κ3) is 4.27. The molecule has 1 aromatic rings. The number of sulfonamides is 1. The molecule has 3 atom stereocenters. The lowest BCUT2D eigenvalue weighted by Crippen LogP contribution is -2.46. The van der Waals surface area contributed by atoms with Crippen LogP contribution in [0.5, 0.6) is 0 Å². The first-order valence-electron chi connectivity index (χ1n) is 7.41. The molecular weight excluding hydrogens is 304 g/mol. The van der Waals surface area contributed by atoms with Gasteiger partial charge < -0.3 is 15.2 Å². The second kappa shape index (κ2) is 7.06. The Balaban J connectivity index is 1.94. The van der Waals surface area contributed by atoms with Crippen molar-refractivity contribution >= 4 is 10.0 Å². The molecule has 1 aliphatic heterocycles. The van der Waals surface area contributed by atoms with Crippen LogP contribution in [-0.2, 0) is 14.8 Å². The zero-order valence-electron chi connectivity index (χ0n) is 13.1. The number of nitrogens with one attached hydrogen (secondary N) is 2. The summed E-state index contributed by atoms with van der Waals surface area (Å²) in [6.45, 7) is 6.29. The summed E-state index contributed by atoms with van der Waals surface area (Å²) in [4.78, 5) is 0.211. The highest BCUT2D eigenvalue weighted by Gasteiger charge is 2.36. The van der Waals surface area contributed by atoms with E-state index < -0.39 is 22.2 Å². The fourth-order valence-corrected chi connectivity index (χ4v) is 3.48. The Kier molecular flexibility index (Phi) is 5.57. The fourth-order valence-electron chi connectivity index (χ4n) is 2.43. The van der Waals surface area contributed by atoms with Crippen LogP contribution >= 0.6 is 0 Å². The minimum absolute atomic E-state index is 0.0493. The minimum atomic E-state index is -3.59. The van der Waals surface area contributed by atoms with E-state index in [1.807, 2.05) is 20.8 Å². The predicted octanol–water partition coefficient (Wildman–Crippen LogP) is 0.400. The smallest absolute Gasteiger partial charge is 0.240 e. The molecule has 0 spiro atoms. The molecule has 0 amide bonds. The maximum atomic E-state index is 12.2. The summed E-state index contributed by atoms with van der Waals surface area (Å²) in [5.74, 6) is 0. The van der Waals surface area contributed by atoms with Crippen molar-refractivity contribution in [2.75, 3.05) is 13.2 Å². The van der Waals surface area contributed by atoms with E-state index in [9.17, 15) is 13.5 Å². The van der Waals surface area contributed by atoms with Crippen LogP contribution in [0.3, 0.4) is 0 Å². The third-order valence-electron chi connectivity index (χ3n) is 3.64. The molecule has 0 saturated carbocycles. The van der Waals surface area contributed by atoms with E-state index in [-0.39, 0.29) is 23.5 Å². The SMILES string of the molecule is Cc1ccc(S(=O)(=O)NC[C@H]2OC[C@@H](NC(C)C)[C@@H]2O)cc1. The number of hydrogen-bond donors (Lipinski definition) is 3. The number of benzene rings is 1. The number of aliphatic hydroxyl groups is 1. The Hall–Kier alpha value is -0.990. The molecule has 1 aromatic carbocycles.